The monoisotopic (exact) mass is 391 g/mol. The number of hydrogen-bond donors (Lipinski definition) is 0. The molecule has 1 heterocycles. The third-order valence-corrected chi connectivity index (χ3v) is 5.80. The number of nitrogens with zero attached hydrogens (tertiary/aromatic N) is 1. The van der Waals surface area contributed by atoms with Gasteiger partial charge in [0, 0.05) is 13.1 Å². The van der Waals surface area contributed by atoms with Crippen LogP contribution in [0.2, 0.25) is 0 Å². The Hall–Kier alpha value is -0.860. The van der Waals surface area contributed by atoms with Crippen molar-refractivity contribution in [1.82, 2.24) is 4.90 Å². The lowest BCUT2D eigenvalue weighted by atomic mass is 9.67. The van der Waals surface area contributed by atoms with Crippen LogP contribution in [0.5, 0.6) is 0 Å². The molecule has 8 heteroatoms. The number of rotatable bonds is 5. The van der Waals surface area contributed by atoms with Crippen LogP contribution in [0, 0.1) is 5.41 Å². The minimum absolute atomic E-state index is 0.0747. The number of hydrogen-bond acceptors (Lipinski definition) is 6. The maximum Gasteiger partial charge on any atom is 0.410 e. The minimum atomic E-state index is -3.40. The Kier molecular flexibility index (Phi) is 6.96. The first-order valence-electron chi connectivity index (χ1n) is 9.42. The maximum atomic E-state index is 12.2. The summed E-state index contributed by atoms with van der Waals surface area (Å²) in [6, 6.07) is 0. The molecule has 0 aromatic rings. The Morgan fingerprint density at radius 3 is 2.15 bits per heavy atom. The lowest BCUT2D eigenvalue weighted by Gasteiger charge is -2.45. The lowest BCUT2D eigenvalue weighted by Crippen LogP contribution is -2.46. The van der Waals surface area contributed by atoms with Gasteiger partial charge < -0.3 is 14.4 Å². The number of amides is 1. The van der Waals surface area contributed by atoms with Crippen molar-refractivity contribution in [3.63, 3.8) is 0 Å². The molecular formula is C18H33NO6S. The van der Waals surface area contributed by atoms with E-state index < -0.39 is 15.7 Å². The Bertz CT molecular complexity index is 565. The van der Waals surface area contributed by atoms with Gasteiger partial charge in [0.1, 0.15) is 5.60 Å². The third kappa shape index (κ3) is 7.04. The molecule has 1 aliphatic carbocycles. The van der Waals surface area contributed by atoms with Gasteiger partial charge in [-0.25, -0.2) is 4.79 Å². The van der Waals surface area contributed by atoms with Crippen molar-refractivity contribution in [2.75, 3.05) is 32.6 Å². The van der Waals surface area contributed by atoms with E-state index in [2.05, 4.69) is 0 Å². The first-order valence-corrected chi connectivity index (χ1v) is 11.2. The van der Waals surface area contributed by atoms with Crippen LogP contribution in [0.15, 0.2) is 0 Å². The zero-order chi connectivity index (χ0) is 19.4. The van der Waals surface area contributed by atoms with Crippen molar-refractivity contribution in [2.45, 2.75) is 71.0 Å². The number of piperidine rings is 1. The SMILES string of the molecule is CC(C)(C)OC(=O)N1CCC2(CCC(OCCOS(C)(=O)=O)CC2)CC1. The minimum Gasteiger partial charge on any atom is -0.444 e. The smallest absolute Gasteiger partial charge is 0.410 e. The summed E-state index contributed by atoms with van der Waals surface area (Å²) in [5.41, 5.74) is -0.149. The standard InChI is InChI=1S/C18H33NO6S/c1-17(2,3)25-16(20)19-11-9-18(10-12-19)7-5-15(6-8-18)23-13-14-24-26(4,21)22/h15H,5-14H2,1-4H3. The second-order valence-electron chi connectivity index (χ2n) is 8.56. The highest BCUT2D eigenvalue weighted by Crippen LogP contribution is 2.45. The van der Waals surface area contributed by atoms with Crippen molar-refractivity contribution in [2.24, 2.45) is 5.41 Å². The summed E-state index contributed by atoms with van der Waals surface area (Å²) >= 11 is 0. The van der Waals surface area contributed by atoms with Gasteiger partial charge in [-0.2, -0.15) is 8.42 Å². The van der Waals surface area contributed by atoms with E-state index in [1.165, 1.54) is 0 Å². The Labute approximate surface area is 157 Å². The Balaban J connectivity index is 1.69. The average molecular weight is 392 g/mol. The fourth-order valence-electron chi connectivity index (χ4n) is 3.76. The number of likely N-dealkylation sites (tertiary alicyclic amines) is 1. The van der Waals surface area contributed by atoms with E-state index in [1.54, 1.807) is 0 Å². The largest absolute Gasteiger partial charge is 0.444 e. The van der Waals surface area contributed by atoms with E-state index in [0.717, 1.165) is 57.9 Å². The maximum absolute atomic E-state index is 12.2. The topological polar surface area (TPSA) is 82.1 Å². The van der Waals surface area contributed by atoms with Crippen LogP contribution < -0.4 is 0 Å². The second-order valence-corrected chi connectivity index (χ2v) is 10.2. The molecule has 1 saturated carbocycles. The van der Waals surface area contributed by atoms with Crippen molar-refractivity contribution in [1.29, 1.82) is 0 Å². The molecular weight excluding hydrogens is 358 g/mol. The van der Waals surface area contributed by atoms with Gasteiger partial charge in [-0.3, -0.25) is 4.18 Å². The molecule has 7 nitrogen and oxygen atoms in total. The average Bonchev–Trinajstić information content (AvgIpc) is 2.51. The van der Waals surface area contributed by atoms with E-state index >= 15 is 0 Å². The van der Waals surface area contributed by atoms with Gasteiger partial charge >= 0.3 is 6.09 Å². The quantitative estimate of drug-likeness (QED) is 0.529. The van der Waals surface area contributed by atoms with Crippen molar-refractivity contribution in [3.8, 4) is 0 Å². The predicted molar refractivity (Wildman–Crippen MR) is 98.5 cm³/mol. The molecule has 2 rings (SSSR count). The summed E-state index contributed by atoms with van der Waals surface area (Å²) in [7, 11) is -3.40. The highest BCUT2D eigenvalue weighted by atomic mass is 32.2. The molecule has 2 aliphatic rings. The molecule has 0 atom stereocenters. The molecule has 0 N–H and O–H groups in total. The molecule has 0 radical (unpaired) electrons. The van der Waals surface area contributed by atoms with Gasteiger partial charge in [0.05, 0.1) is 25.6 Å². The molecule has 0 aromatic heterocycles. The number of ether oxygens (including phenoxy) is 2. The predicted octanol–water partition coefficient (Wildman–Crippen LogP) is 2.94. The molecule has 1 saturated heterocycles. The molecule has 152 valence electrons. The lowest BCUT2D eigenvalue weighted by molar-refractivity contribution is -0.0345. The zero-order valence-electron chi connectivity index (χ0n) is 16.5. The summed E-state index contributed by atoms with van der Waals surface area (Å²) < 4.78 is 37.8. The Morgan fingerprint density at radius 1 is 1.08 bits per heavy atom. The van der Waals surface area contributed by atoms with Gasteiger partial charge in [-0.05, 0) is 64.7 Å². The Morgan fingerprint density at radius 2 is 1.65 bits per heavy atom. The molecule has 0 unspecified atom stereocenters. The van der Waals surface area contributed by atoms with Gasteiger partial charge in [-0.1, -0.05) is 0 Å². The molecule has 1 aliphatic heterocycles. The van der Waals surface area contributed by atoms with Gasteiger partial charge in [0.15, 0.2) is 0 Å². The fraction of sp³-hybridized carbons (Fsp3) is 0.944. The second kappa shape index (κ2) is 8.44. The highest BCUT2D eigenvalue weighted by molar-refractivity contribution is 7.85. The highest BCUT2D eigenvalue weighted by Gasteiger charge is 2.39. The molecule has 1 amide bonds. The van der Waals surface area contributed by atoms with Crippen molar-refractivity contribution in [3.05, 3.63) is 0 Å². The van der Waals surface area contributed by atoms with E-state index in [9.17, 15) is 13.2 Å². The van der Waals surface area contributed by atoms with E-state index in [4.69, 9.17) is 13.7 Å². The van der Waals surface area contributed by atoms with Crippen LogP contribution in [0.25, 0.3) is 0 Å². The summed E-state index contributed by atoms with van der Waals surface area (Å²) in [6.45, 7) is 7.55. The summed E-state index contributed by atoms with van der Waals surface area (Å²) in [6.07, 6.45) is 7.16. The van der Waals surface area contributed by atoms with Gasteiger partial charge in [0.2, 0.25) is 0 Å². The van der Waals surface area contributed by atoms with E-state index in [1.807, 2.05) is 25.7 Å². The molecule has 26 heavy (non-hydrogen) atoms. The zero-order valence-corrected chi connectivity index (χ0v) is 17.3. The summed E-state index contributed by atoms with van der Waals surface area (Å²) in [5, 5.41) is 0. The van der Waals surface area contributed by atoms with Gasteiger partial charge in [0.25, 0.3) is 10.1 Å². The van der Waals surface area contributed by atoms with E-state index in [0.29, 0.717) is 12.0 Å². The van der Waals surface area contributed by atoms with Crippen LogP contribution >= 0.6 is 0 Å². The number of carbonyl (C=O) groups is 1. The van der Waals surface area contributed by atoms with Crippen LogP contribution in [-0.2, 0) is 23.8 Å². The molecule has 1 spiro atoms. The van der Waals surface area contributed by atoms with Crippen molar-refractivity contribution >= 4 is 16.2 Å². The van der Waals surface area contributed by atoms with Crippen LogP contribution in [0.3, 0.4) is 0 Å². The van der Waals surface area contributed by atoms with E-state index in [-0.39, 0.29) is 18.8 Å². The molecule has 2 fully saturated rings. The summed E-state index contributed by atoms with van der Waals surface area (Å²) in [5.74, 6) is 0. The first kappa shape index (κ1) is 21.4. The van der Waals surface area contributed by atoms with Crippen molar-refractivity contribution < 1.29 is 26.9 Å². The fourth-order valence-corrected chi connectivity index (χ4v) is 4.13. The van der Waals surface area contributed by atoms with Crippen LogP contribution in [-0.4, -0.2) is 63.7 Å². The van der Waals surface area contributed by atoms with Gasteiger partial charge in [-0.15, -0.1) is 0 Å². The summed E-state index contributed by atoms with van der Waals surface area (Å²) in [4.78, 5) is 14.0. The molecule has 0 bridgehead atoms. The first-order chi connectivity index (χ1) is 12.0. The third-order valence-electron chi connectivity index (χ3n) is 5.20. The number of carbonyl (C=O) groups excluding carboxylic acids is 1. The van der Waals surface area contributed by atoms with Crippen LogP contribution in [0.4, 0.5) is 4.79 Å². The molecule has 0 aromatic carbocycles. The normalized spacial score (nSPS) is 21.8. The van der Waals surface area contributed by atoms with Crippen LogP contribution in [0.1, 0.15) is 59.3 Å².